The van der Waals surface area contributed by atoms with Crippen molar-refractivity contribution in [3.63, 3.8) is 0 Å². The molecule has 0 aromatic heterocycles. The van der Waals surface area contributed by atoms with E-state index in [9.17, 15) is 50.8 Å². The summed E-state index contributed by atoms with van der Waals surface area (Å²) >= 11 is 0. The number of phenolic OH excluding ortho intramolecular Hbond substituents is 7. The average Bonchev–Trinajstić information content (AvgIpc) is 0.784. The number of allylic oxidation sites excluding steroid dienone is 13. The van der Waals surface area contributed by atoms with Gasteiger partial charge in [0, 0.05) is 96.1 Å². The molecule has 15 rings (SSSR count). The third-order valence-electron chi connectivity index (χ3n) is 30.4. The zero-order chi connectivity index (χ0) is 111. The number of nitriles is 1. The Morgan fingerprint density at radius 2 is 0.858 bits per heavy atom. The number of aromatic carboxylic acids is 1. The SMILES string of the molecule is C=C(C)[C@@H]1CCC(C)=C[C@H]1c1c(O)cc(CCCCC)cc1O.CCCCCc1cc(O)c(C/C=C(\C)CCC=C(C)C)c(O)c1.CCCCCc1cc(O)c2c(c1)OC(C)(C)[C@@H]1CCC(C)=C[C@@H]21.CCCCCc1cc(O)c2c(c1)OC(C)(C)c1ccc(C)cc1-2.CCCCCc1cc2c(c(O)c1C(=O)O)[C@@H]1C=C(C)CC[C@H]1C(C)(C)O2.CCCc1cc(O)c2c(c1)OC(C)(C)[C@@H]1CCC(C)=C[C@@H]21.[2H]C[B].[3H-].[3H]C.[3H][CH2-].[B]C#N.[Ca+2].[H-].[V]. The number of ether oxygens (including phenoxy) is 4. The van der Waals surface area contributed by atoms with E-state index < -0.39 is 5.97 Å². The van der Waals surface area contributed by atoms with Crippen LogP contribution in [-0.4, -0.2) is 122 Å². The van der Waals surface area contributed by atoms with Crippen LogP contribution in [0.2, 0.25) is 6.80 Å². The molecule has 4 heterocycles. The number of nitrogens with zero attached hydrogens (tertiary/aromatic N) is 1. The second-order valence-electron chi connectivity index (χ2n) is 44.3. The van der Waals surface area contributed by atoms with Gasteiger partial charge < -0.3 is 75.2 Å². The van der Waals surface area contributed by atoms with Crippen LogP contribution in [0.25, 0.3) is 11.1 Å². The molecule has 0 saturated heterocycles. The van der Waals surface area contributed by atoms with Crippen LogP contribution >= 0.6 is 0 Å². The predicted molar refractivity (Wildman–Crippen MR) is 619 cm³/mol. The molecule has 0 fully saturated rings. The fraction of sp³-hybridized carbons (Fsp3) is 0.543. The number of aryl methyl sites for hydroxylation is 7. The number of unbranched alkanes of at least 4 members (excludes halogenated alkanes) is 10. The number of aromatic hydroxyl groups is 8. The molecule has 5 radical (unpaired) electrons. The van der Waals surface area contributed by atoms with Gasteiger partial charge in [-0.3, -0.25) is 0 Å². The molecule has 0 amide bonds. The van der Waals surface area contributed by atoms with Crippen molar-refractivity contribution in [3.05, 3.63) is 252 Å². The third-order valence-corrected chi connectivity index (χ3v) is 30.4. The minimum atomic E-state index is -1.06. The van der Waals surface area contributed by atoms with Crippen molar-refractivity contribution in [1.29, 1.82) is 5.26 Å². The van der Waals surface area contributed by atoms with Crippen molar-refractivity contribution < 1.29 is 95.2 Å². The second-order valence-corrected chi connectivity index (χ2v) is 44.3. The summed E-state index contributed by atoms with van der Waals surface area (Å²) in [5, 5.41) is 101. The van der Waals surface area contributed by atoms with Crippen LogP contribution in [0.4, 0.5) is 0 Å². The van der Waals surface area contributed by atoms with E-state index in [4.69, 9.17) is 28.3 Å². The standard InChI is InChI=1S/C22H30O4.C21H30O2.C21H26O2.C21H30O2.C21H32O2.C19H26O2.CBN.CH3B.CH4.CH3.Ca.V.2H/c1-5-6-7-8-14-12-17-19(20(23)18(14)21(24)25)15-11-13(2)9-10-16(15)22(3,4)26-17;2*1-5-6-7-8-15-12-18(22)20-16-11-14(2)9-10-17(16)21(3,4)23-19(20)13-15;1-5-6-7-8-16-12-19(22)21(20(23)13-16)18-11-15(4)9-10-17(18)14(2)3;1-5-6-7-11-18-14-20(22)19(21(23)15-18)13-12-17(4)10-8-9-16(2)3;1-5-6-13-10-16(20)18-14-9-12(2)7-8-15(14)19(3,4)21-17(18)11-13;2-1-3;1-2;;;;;;/h11-12,15-16,23H,5-10H2,1-4H3,(H,24,25);11-13,16-17,22H,5-10H2,1-4H3;9-13,22H,5-8H2,1-4H3;11-13,17-18,22-23H,2,5-10H2,1,3-4H3;9,12,14-15,22-23H,5-8,10-11,13H2,1-4H3;9-11,14-15,20H,5-8H2,1-4H3;;1H3;1H4;1H3;;;;/q;;;;;;;;;-1;+2;;2*-1/b;;;;17-12+;;;;;;;;;/t15-,16-;16-,17-;;17-,18+;;14-,15-;;;;;;;;/m11.0.1......../s1/i;;;;;;;1D;2*1T;;;1+2;. The van der Waals surface area contributed by atoms with Crippen LogP contribution in [0.5, 0.6) is 69.0 Å². The molecular formula is C129H186B2CaNO14V-. The summed E-state index contributed by atoms with van der Waals surface area (Å²) in [6, 6.07) is 27.7. The van der Waals surface area contributed by atoms with E-state index in [2.05, 4.69) is 255 Å². The largest absolute Gasteiger partial charge is 2.00 e. The van der Waals surface area contributed by atoms with Crippen molar-refractivity contribution in [2.45, 2.75) is 431 Å². The Bertz CT molecular complexity index is 5720. The van der Waals surface area contributed by atoms with Crippen molar-refractivity contribution in [3.8, 4) is 86.1 Å². The summed E-state index contributed by atoms with van der Waals surface area (Å²) < 4.78 is 42.5. The predicted octanol–water partition coefficient (Wildman–Crippen LogP) is 34.5. The Kier molecular flexibility index (Phi) is 52.7. The quantitative estimate of drug-likeness (QED) is 0.00878. The molecule has 0 bridgehead atoms. The Morgan fingerprint density at radius 1 is 0.507 bits per heavy atom. The molecular weight excluding hydrogens is 1900 g/mol. The fourth-order valence-corrected chi connectivity index (χ4v) is 22.6. The van der Waals surface area contributed by atoms with E-state index >= 15 is 0 Å². The smallest absolute Gasteiger partial charge is 1.00 e. The van der Waals surface area contributed by atoms with Crippen LogP contribution < -0.4 is 18.9 Å². The zero-order valence-corrected chi connectivity index (χ0v) is 98.5. The van der Waals surface area contributed by atoms with E-state index in [1.165, 1.54) is 121 Å². The Hall–Kier alpha value is -8.75. The van der Waals surface area contributed by atoms with E-state index in [1.54, 1.807) is 12.1 Å². The molecule has 4 aliphatic heterocycles. The van der Waals surface area contributed by atoms with Gasteiger partial charge >= 0.3 is 43.7 Å². The third kappa shape index (κ3) is 35.7. The maximum atomic E-state index is 11.9. The van der Waals surface area contributed by atoms with Gasteiger partial charge in [-0.1, -0.05) is 232 Å². The minimum absolute atomic E-state index is 0. The number of fused-ring (bicyclic) bond motifs is 12. The van der Waals surface area contributed by atoms with Gasteiger partial charge in [0.1, 0.15) is 97.0 Å². The van der Waals surface area contributed by atoms with Crippen molar-refractivity contribution in [1.82, 2.24) is 0 Å². The van der Waals surface area contributed by atoms with E-state index in [-0.39, 0.29) is 158 Å². The maximum Gasteiger partial charge on any atom is 2.00 e. The summed E-state index contributed by atoms with van der Waals surface area (Å²) in [4.78, 5) is 11.9. The summed E-state index contributed by atoms with van der Waals surface area (Å²) in [6.07, 6.45) is 48.3. The van der Waals surface area contributed by atoms with E-state index in [1.807, 2.05) is 43.3 Å². The molecule has 4 aliphatic carbocycles. The van der Waals surface area contributed by atoms with Gasteiger partial charge in [-0.15, -0.1) is 0 Å². The molecule has 15 nitrogen and oxygen atoms in total. The van der Waals surface area contributed by atoms with Crippen LogP contribution in [0, 0.1) is 49.2 Å². The first-order valence-corrected chi connectivity index (χ1v) is 54.1. The number of rotatable bonds is 30. The number of benzene rings is 7. The van der Waals surface area contributed by atoms with Gasteiger partial charge in [-0.05, 0) is 377 Å². The molecule has 7 aromatic rings. The Labute approximate surface area is 945 Å². The summed E-state index contributed by atoms with van der Waals surface area (Å²) in [5.41, 5.74) is 22.6. The van der Waals surface area contributed by atoms with Gasteiger partial charge in [-0.2, -0.15) is 0 Å². The number of carboxylic acid groups (broad SMARTS) is 1. The van der Waals surface area contributed by atoms with Crippen molar-refractivity contribution in [2.24, 2.45) is 23.7 Å². The molecule has 0 unspecified atom stereocenters. The maximum absolute atomic E-state index is 11.9. The van der Waals surface area contributed by atoms with Gasteiger partial charge in [-0.25, -0.2) is 11.4 Å². The first kappa shape index (κ1) is 126. The normalized spacial score (nSPS) is 19.4. The van der Waals surface area contributed by atoms with Gasteiger partial charge in [0.25, 0.3) is 0 Å². The van der Waals surface area contributed by atoms with Crippen LogP contribution in [0.15, 0.2) is 167 Å². The number of hydrogen-bond acceptors (Lipinski definition) is 14. The summed E-state index contributed by atoms with van der Waals surface area (Å²) in [7, 11) is 12.4. The van der Waals surface area contributed by atoms with Crippen molar-refractivity contribution in [2.75, 3.05) is 0 Å². The van der Waals surface area contributed by atoms with E-state index in [0.29, 0.717) is 69.9 Å². The van der Waals surface area contributed by atoms with Crippen molar-refractivity contribution >= 4 is 59.4 Å². The molecule has 805 valence electrons. The van der Waals surface area contributed by atoms with Crippen LogP contribution in [0.3, 0.4) is 0 Å². The molecule has 19 heteroatoms. The number of carbonyl (C=O) groups is 1. The van der Waals surface area contributed by atoms with E-state index in [0.717, 1.165) is 209 Å². The minimum Gasteiger partial charge on any atom is -1.00 e. The fourth-order valence-electron chi connectivity index (χ4n) is 22.6. The average molecular weight is 2090 g/mol. The molecule has 9 N–H and O–H groups in total. The molecule has 0 saturated carbocycles. The first-order chi connectivity index (χ1) is 70.7. The topological polar surface area (TPSA) is 260 Å². The monoisotopic (exact) mass is 2090 g/mol. The molecule has 8 atom stereocenters. The van der Waals surface area contributed by atoms with Crippen LogP contribution in [0.1, 0.15) is 440 Å². The number of hydrogen-bond donors (Lipinski definition) is 9. The number of carboxylic acids is 1. The zero-order valence-electron chi connectivity index (χ0n) is 99.9. The Balaban J connectivity index is 0.000000606. The van der Waals surface area contributed by atoms with Gasteiger partial charge in [0.15, 0.2) is 0 Å². The van der Waals surface area contributed by atoms with Gasteiger partial charge in [0.2, 0.25) is 7.85 Å². The summed E-state index contributed by atoms with van der Waals surface area (Å²) in [6.45, 7) is 53.4. The molecule has 148 heavy (non-hydrogen) atoms. The second kappa shape index (κ2) is 61.8. The number of phenols is 8. The van der Waals surface area contributed by atoms with Gasteiger partial charge in [0.05, 0.1) is 13.4 Å². The Morgan fingerprint density at radius 3 is 1.25 bits per heavy atom. The first-order valence-electron chi connectivity index (χ1n) is 56.5. The molecule has 7 aromatic carbocycles. The summed E-state index contributed by atoms with van der Waals surface area (Å²) in [5.74, 6) is 7.34. The molecule has 8 aliphatic rings. The van der Waals surface area contributed by atoms with Crippen LogP contribution in [-0.2, 0) is 69.1 Å². The molecule has 0 spiro atoms.